The van der Waals surface area contributed by atoms with Gasteiger partial charge in [0.25, 0.3) is 5.91 Å². The minimum Gasteiger partial charge on any atom is -0.384 e. The van der Waals surface area contributed by atoms with Crippen LogP contribution in [0.1, 0.15) is 16.8 Å². The van der Waals surface area contributed by atoms with Crippen molar-refractivity contribution in [2.24, 2.45) is 5.73 Å². The zero-order valence-corrected chi connectivity index (χ0v) is 12.9. The highest BCUT2D eigenvalue weighted by Gasteiger charge is 2.29. The van der Waals surface area contributed by atoms with Gasteiger partial charge in [-0.3, -0.25) is 4.79 Å². The molecular weight excluding hydrogens is 307 g/mol. The zero-order valence-electron chi connectivity index (χ0n) is 12.9. The first-order valence-corrected chi connectivity index (χ1v) is 7.89. The third-order valence-corrected chi connectivity index (χ3v) is 4.29. The molecule has 1 aromatic heterocycles. The molecular formula is C18H17FN4O. The molecule has 6 heteroatoms. The lowest BCUT2D eigenvalue weighted by Gasteiger charge is -2.14. The lowest BCUT2D eigenvalue weighted by atomic mass is 9.96. The van der Waals surface area contributed by atoms with E-state index >= 15 is 0 Å². The Balaban J connectivity index is 2.01. The van der Waals surface area contributed by atoms with Gasteiger partial charge in [0.15, 0.2) is 0 Å². The summed E-state index contributed by atoms with van der Waals surface area (Å²) < 4.78 is 14.5. The van der Waals surface area contributed by atoms with Gasteiger partial charge >= 0.3 is 0 Å². The summed E-state index contributed by atoms with van der Waals surface area (Å²) in [7, 11) is 0. The number of nitrogens with two attached hydrogens (primary N) is 1. The maximum Gasteiger partial charge on any atom is 0.257 e. The van der Waals surface area contributed by atoms with Crippen LogP contribution in [0.4, 0.5) is 15.8 Å². The van der Waals surface area contributed by atoms with Gasteiger partial charge in [0, 0.05) is 46.1 Å². The highest BCUT2D eigenvalue weighted by Crippen LogP contribution is 2.43. The molecule has 24 heavy (non-hydrogen) atoms. The number of H-pyrrole nitrogens is 1. The SMILES string of the molecule is NCCCNc1cc(-c2ccc[nH]2)c2c3c(ccc(F)c13)NC2=O. The third-order valence-electron chi connectivity index (χ3n) is 4.29. The fourth-order valence-electron chi connectivity index (χ4n) is 3.22. The minimum atomic E-state index is -0.347. The molecule has 0 spiro atoms. The van der Waals surface area contributed by atoms with E-state index in [1.54, 1.807) is 12.3 Å². The number of aromatic amines is 1. The molecule has 0 unspecified atom stereocenters. The summed E-state index contributed by atoms with van der Waals surface area (Å²) in [6.45, 7) is 1.19. The van der Waals surface area contributed by atoms with E-state index in [9.17, 15) is 9.18 Å². The first-order chi connectivity index (χ1) is 11.7. The Kier molecular flexibility index (Phi) is 3.46. The van der Waals surface area contributed by atoms with Gasteiger partial charge in [-0.05, 0) is 43.3 Å². The molecule has 1 amide bonds. The molecule has 5 N–H and O–H groups in total. The van der Waals surface area contributed by atoms with E-state index in [2.05, 4.69) is 15.6 Å². The largest absolute Gasteiger partial charge is 0.384 e. The van der Waals surface area contributed by atoms with E-state index in [0.717, 1.165) is 17.7 Å². The van der Waals surface area contributed by atoms with Crippen LogP contribution in [0.15, 0.2) is 36.5 Å². The first kappa shape index (κ1) is 14.7. The average molecular weight is 324 g/mol. The van der Waals surface area contributed by atoms with E-state index in [1.165, 1.54) is 6.07 Å². The van der Waals surface area contributed by atoms with Crippen LogP contribution in [0.5, 0.6) is 0 Å². The molecule has 1 aliphatic heterocycles. The number of benzene rings is 2. The van der Waals surface area contributed by atoms with Crippen molar-refractivity contribution in [2.45, 2.75) is 6.42 Å². The molecule has 0 bridgehead atoms. The van der Waals surface area contributed by atoms with E-state index in [1.807, 2.05) is 18.2 Å². The Bertz CT molecular complexity index is 934. The van der Waals surface area contributed by atoms with Crippen molar-refractivity contribution < 1.29 is 9.18 Å². The second-order valence-corrected chi connectivity index (χ2v) is 5.80. The molecule has 0 saturated carbocycles. The first-order valence-electron chi connectivity index (χ1n) is 7.89. The van der Waals surface area contributed by atoms with Crippen molar-refractivity contribution in [1.29, 1.82) is 0 Å². The summed E-state index contributed by atoms with van der Waals surface area (Å²) in [6, 6.07) is 8.58. The van der Waals surface area contributed by atoms with Crippen LogP contribution in [0, 0.1) is 5.82 Å². The van der Waals surface area contributed by atoms with Gasteiger partial charge in [0.05, 0.1) is 5.56 Å². The maximum absolute atomic E-state index is 14.5. The number of aromatic nitrogens is 1. The number of rotatable bonds is 5. The summed E-state index contributed by atoms with van der Waals surface area (Å²) in [5, 5.41) is 7.15. The summed E-state index contributed by atoms with van der Waals surface area (Å²) in [5.41, 5.74) is 8.94. The number of amides is 1. The van der Waals surface area contributed by atoms with Crippen LogP contribution in [-0.2, 0) is 0 Å². The zero-order chi connectivity index (χ0) is 16.7. The molecule has 4 rings (SSSR count). The number of carbonyl (C=O) groups excluding carboxylic acids is 1. The Labute approximate surface area is 138 Å². The Hall–Kier alpha value is -2.86. The van der Waals surface area contributed by atoms with Crippen molar-refractivity contribution in [2.75, 3.05) is 23.7 Å². The van der Waals surface area contributed by atoms with Crippen molar-refractivity contribution in [3.63, 3.8) is 0 Å². The van der Waals surface area contributed by atoms with Gasteiger partial charge in [-0.15, -0.1) is 0 Å². The average Bonchev–Trinajstić information content (AvgIpc) is 3.21. The number of carbonyl (C=O) groups is 1. The van der Waals surface area contributed by atoms with E-state index in [0.29, 0.717) is 40.8 Å². The minimum absolute atomic E-state index is 0.210. The number of hydrogen-bond acceptors (Lipinski definition) is 3. The molecule has 3 aromatic rings. The molecule has 1 aliphatic rings. The van der Waals surface area contributed by atoms with E-state index in [-0.39, 0.29) is 11.7 Å². The Morgan fingerprint density at radius 2 is 2.08 bits per heavy atom. The van der Waals surface area contributed by atoms with Gasteiger partial charge in [-0.2, -0.15) is 0 Å². The Morgan fingerprint density at radius 3 is 2.83 bits per heavy atom. The second-order valence-electron chi connectivity index (χ2n) is 5.80. The summed E-state index contributed by atoms with van der Waals surface area (Å²) in [4.78, 5) is 15.6. The predicted molar refractivity (Wildman–Crippen MR) is 93.8 cm³/mol. The summed E-state index contributed by atoms with van der Waals surface area (Å²) in [5.74, 6) is -0.557. The van der Waals surface area contributed by atoms with Gasteiger partial charge < -0.3 is 21.4 Å². The van der Waals surface area contributed by atoms with Crippen LogP contribution >= 0.6 is 0 Å². The van der Waals surface area contributed by atoms with Crippen LogP contribution in [-0.4, -0.2) is 24.0 Å². The number of anilines is 2. The fraction of sp³-hybridized carbons (Fsp3) is 0.167. The van der Waals surface area contributed by atoms with Crippen molar-refractivity contribution in [1.82, 2.24) is 4.98 Å². The van der Waals surface area contributed by atoms with Crippen LogP contribution < -0.4 is 16.4 Å². The van der Waals surface area contributed by atoms with Crippen molar-refractivity contribution >= 4 is 28.1 Å². The van der Waals surface area contributed by atoms with Gasteiger partial charge in [0.2, 0.25) is 0 Å². The smallest absolute Gasteiger partial charge is 0.257 e. The monoisotopic (exact) mass is 324 g/mol. The highest BCUT2D eigenvalue weighted by atomic mass is 19.1. The maximum atomic E-state index is 14.5. The molecule has 0 fully saturated rings. The number of halogens is 1. The molecule has 122 valence electrons. The van der Waals surface area contributed by atoms with Crippen molar-refractivity contribution in [3.8, 4) is 11.3 Å². The molecule has 0 saturated heterocycles. The molecule has 2 aromatic carbocycles. The number of nitrogens with one attached hydrogen (secondary N) is 3. The Morgan fingerprint density at radius 1 is 1.21 bits per heavy atom. The van der Waals surface area contributed by atoms with E-state index in [4.69, 9.17) is 5.73 Å². The van der Waals surface area contributed by atoms with Gasteiger partial charge in [-0.1, -0.05) is 0 Å². The lowest BCUT2D eigenvalue weighted by Crippen LogP contribution is -2.10. The van der Waals surface area contributed by atoms with Gasteiger partial charge in [0.1, 0.15) is 5.82 Å². The summed E-state index contributed by atoms with van der Waals surface area (Å²) >= 11 is 0. The molecule has 0 radical (unpaired) electrons. The standard InChI is InChI=1S/C18H17FN4O/c19-11-4-5-13-17-15(18(24)23-13)10(12-3-1-7-21-12)9-14(16(11)17)22-8-2-6-20/h1,3-5,7,9,21-22H,2,6,8,20H2,(H,23,24). The topological polar surface area (TPSA) is 82.9 Å². The molecule has 0 atom stereocenters. The van der Waals surface area contributed by atoms with Gasteiger partial charge in [-0.25, -0.2) is 4.39 Å². The molecule has 0 aliphatic carbocycles. The third kappa shape index (κ3) is 2.15. The van der Waals surface area contributed by atoms with Crippen molar-refractivity contribution in [3.05, 3.63) is 47.9 Å². The molecule has 5 nitrogen and oxygen atoms in total. The second kappa shape index (κ2) is 5.65. The summed E-state index contributed by atoms with van der Waals surface area (Å²) in [6.07, 6.45) is 2.58. The van der Waals surface area contributed by atoms with E-state index < -0.39 is 0 Å². The molecule has 2 heterocycles. The highest BCUT2D eigenvalue weighted by molar-refractivity contribution is 6.28. The van der Waals surface area contributed by atoms with Crippen LogP contribution in [0.3, 0.4) is 0 Å². The normalized spacial score (nSPS) is 12.7. The lowest BCUT2D eigenvalue weighted by molar-refractivity contribution is 0.103. The van der Waals surface area contributed by atoms with Crippen LogP contribution in [0.25, 0.3) is 22.0 Å². The fourth-order valence-corrected chi connectivity index (χ4v) is 3.22. The quantitative estimate of drug-likeness (QED) is 0.543. The van der Waals surface area contributed by atoms with Crippen LogP contribution in [0.2, 0.25) is 0 Å². The predicted octanol–water partition coefficient (Wildman–Crippen LogP) is 3.30. The number of hydrogen-bond donors (Lipinski definition) is 4.